The van der Waals surface area contributed by atoms with E-state index in [1.165, 1.54) is 24.6 Å². The minimum atomic E-state index is -0.854. The van der Waals surface area contributed by atoms with Gasteiger partial charge in [0.1, 0.15) is 5.82 Å². The highest BCUT2D eigenvalue weighted by Gasteiger charge is 2.23. The van der Waals surface area contributed by atoms with Crippen LogP contribution >= 0.6 is 11.8 Å². The maximum atomic E-state index is 12.0. The molecule has 1 aliphatic rings. The molecule has 1 aliphatic heterocycles. The molecule has 1 atom stereocenters. The summed E-state index contributed by atoms with van der Waals surface area (Å²) in [6.45, 7) is 5.21. The van der Waals surface area contributed by atoms with E-state index in [4.69, 9.17) is 5.73 Å². The van der Waals surface area contributed by atoms with Crippen molar-refractivity contribution in [1.29, 1.82) is 0 Å². The number of rotatable bonds is 7. The zero-order valence-electron chi connectivity index (χ0n) is 15.3. The molecule has 27 heavy (non-hydrogen) atoms. The number of nitrogens with two attached hydrogens (primary N) is 1. The minimum absolute atomic E-state index is 0.442. The average Bonchev–Trinajstić information content (AvgIpc) is 3.27. The monoisotopic (exact) mass is 388 g/mol. The third kappa shape index (κ3) is 5.30. The number of hydrogen-bond acceptors (Lipinski definition) is 6. The Bertz CT molecular complexity index is 788. The molecule has 0 spiro atoms. The first kappa shape index (κ1) is 19.4. The molecular weight excluding hydrogens is 364 g/mol. The van der Waals surface area contributed by atoms with Gasteiger partial charge in [0.25, 0.3) is 0 Å². The van der Waals surface area contributed by atoms with E-state index in [-0.39, 0.29) is 0 Å². The Morgan fingerprint density at radius 3 is 2.56 bits per heavy atom. The Hall–Kier alpha value is -2.39. The minimum Gasteiger partial charge on any atom is -0.351 e. The van der Waals surface area contributed by atoms with Gasteiger partial charge in [0, 0.05) is 0 Å². The molecule has 0 bridgehead atoms. The van der Waals surface area contributed by atoms with Crippen LogP contribution in [0.1, 0.15) is 31.2 Å². The average molecular weight is 388 g/mol. The number of amides is 3. The molecule has 1 aromatic heterocycles. The fraction of sp³-hybridized carbons (Fsp3) is 0.444. The zero-order valence-corrected chi connectivity index (χ0v) is 16.1. The molecule has 9 heteroatoms. The number of nitrogens with zero attached hydrogens (tertiary/aromatic N) is 4. The van der Waals surface area contributed by atoms with Crippen molar-refractivity contribution in [1.82, 2.24) is 25.0 Å². The number of hydrogen-bond donors (Lipinski definition) is 2. The van der Waals surface area contributed by atoms with Crippen molar-refractivity contribution in [2.24, 2.45) is 5.73 Å². The van der Waals surface area contributed by atoms with E-state index in [2.05, 4.69) is 32.5 Å². The first-order chi connectivity index (χ1) is 13.0. The van der Waals surface area contributed by atoms with Crippen LogP contribution in [0.25, 0.3) is 0 Å². The van der Waals surface area contributed by atoms with Crippen molar-refractivity contribution in [3.63, 3.8) is 0 Å². The van der Waals surface area contributed by atoms with Gasteiger partial charge >= 0.3 is 6.03 Å². The van der Waals surface area contributed by atoms with Crippen LogP contribution in [0.2, 0.25) is 0 Å². The third-order valence-electron chi connectivity index (χ3n) is 4.44. The summed E-state index contributed by atoms with van der Waals surface area (Å²) in [6.07, 6.45) is 2.41. The first-order valence-corrected chi connectivity index (χ1v) is 9.86. The summed E-state index contributed by atoms with van der Waals surface area (Å²) in [7, 11) is 0. The van der Waals surface area contributed by atoms with Crippen LogP contribution in [0.15, 0.2) is 35.5 Å². The van der Waals surface area contributed by atoms with Gasteiger partial charge < -0.3 is 10.3 Å². The van der Waals surface area contributed by atoms with Crippen LogP contribution in [0.3, 0.4) is 0 Å². The number of carbonyl (C=O) groups is 2. The van der Waals surface area contributed by atoms with E-state index >= 15 is 0 Å². The molecule has 0 radical (unpaired) electrons. The summed E-state index contributed by atoms with van der Waals surface area (Å²) in [6, 6.07) is 9.22. The molecule has 0 aliphatic carbocycles. The second-order valence-electron chi connectivity index (χ2n) is 6.57. The van der Waals surface area contributed by atoms with Crippen LogP contribution < -0.4 is 11.1 Å². The van der Waals surface area contributed by atoms with Crippen molar-refractivity contribution in [3.05, 3.63) is 41.7 Å². The maximum absolute atomic E-state index is 12.0. The standard InChI is InChI=1S/C18H24N6O2S/c1-13(16(25)20-17(19)26)27-18-22-21-15(12-23-9-5-6-10-23)24(18)11-14-7-3-2-4-8-14/h2-4,7-8,13H,5-6,9-12H2,1H3,(H3,19,20,25,26). The SMILES string of the molecule is CC(Sc1nnc(CN2CCCC2)n1Cc1ccccc1)C(=O)NC(N)=O. The summed E-state index contributed by atoms with van der Waals surface area (Å²) in [5.74, 6) is 0.439. The molecule has 1 aromatic carbocycles. The smallest absolute Gasteiger partial charge is 0.318 e. The lowest BCUT2D eigenvalue weighted by atomic mass is 10.2. The summed E-state index contributed by atoms with van der Waals surface area (Å²) in [5.41, 5.74) is 6.17. The second kappa shape index (κ2) is 9.01. The molecule has 0 saturated carbocycles. The molecule has 1 fully saturated rings. The lowest BCUT2D eigenvalue weighted by molar-refractivity contribution is -0.119. The molecule has 1 saturated heterocycles. The van der Waals surface area contributed by atoms with Crippen molar-refractivity contribution in [2.75, 3.05) is 13.1 Å². The number of benzene rings is 1. The second-order valence-corrected chi connectivity index (χ2v) is 7.88. The Kier molecular flexibility index (Phi) is 6.46. The molecule has 8 nitrogen and oxygen atoms in total. The first-order valence-electron chi connectivity index (χ1n) is 8.98. The number of carbonyl (C=O) groups excluding carboxylic acids is 2. The van der Waals surface area contributed by atoms with Gasteiger partial charge in [0.2, 0.25) is 5.91 Å². The van der Waals surface area contributed by atoms with Crippen molar-refractivity contribution in [3.8, 4) is 0 Å². The van der Waals surface area contributed by atoms with Gasteiger partial charge in [-0.05, 0) is 38.4 Å². The normalized spacial score (nSPS) is 15.6. The van der Waals surface area contributed by atoms with Gasteiger partial charge in [-0.25, -0.2) is 4.79 Å². The lowest BCUT2D eigenvalue weighted by Crippen LogP contribution is -2.39. The number of primary amides is 1. The zero-order chi connectivity index (χ0) is 19.2. The molecule has 3 rings (SSSR count). The van der Waals surface area contributed by atoms with Gasteiger partial charge in [0.15, 0.2) is 5.16 Å². The highest BCUT2D eigenvalue weighted by Crippen LogP contribution is 2.24. The van der Waals surface area contributed by atoms with Gasteiger partial charge in [-0.1, -0.05) is 42.1 Å². The topological polar surface area (TPSA) is 106 Å². The van der Waals surface area contributed by atoms with Gasteiger partial charge in [-0.15, -0.1) is 10.2 Å². The summed E-state index contributed by atoms with van der Waals surface area (Å²) >= 11 is 1.27. The lowest BCUT2D eigenvalue weighted by Gasteiger charge is -2.16. The molecular formula is C18H24N6O2S. The highest BCUT2D eigenvalue weighted by atomic mass is 32.2. The van der Waals surface area contributed by atoms with Crippen LogP contribution in [0, 0.1) is 0 Å². The number of likely N-dealkylation sites (tertiary alicyclic amines) is 1. The van der Waals surface area contributed by atoms with Crippen LogP contribution in [-0.4, -0.2) is 49.9 Å². The Balaban J connectivity index is 1.80. The Morgan fingerprint density at radius 1 is 1.19 bits per heavy atom. The van der Waals surface area contributed by atoms with Crippen LogP contribution in [-0.2, 0) is 17.9 Å². The largest absolute Gasteiger partial charge is 0.351 e. The summed E-state index contributed by atoms with van der Waals surface area (Å²) < 4.78 is 2.05. The number of nitrogens with one attached hydrogen (secondary N) is 1. The molecule has 2 heterocycles. The maximum Gasteiger partial charge on any atom is 0.318 e. The van der Waals surface area contributed by atoms with E-state index in [0.717, 1.165) is 31.0 Å². The molecule has 3 amide bonds. The number of thioether (sulfide) groups is 1. The van der Waals surface area contributed by atoms with Gasteiger partial charge in [0.05, 0.1) is 18.3 Å². The summed E-state index contributed by atoms with van der Waals surface area (Å²) in [5, 5.41) is 10.9. The van der Waals surface area contributed by atoms with Gasteiger partial charge in [-0.3, -0.25) is 15.0 Å². The third-order valence-corrected chi connectivity index (χ3v) is 5.52. The van der Waals surface area contributed by atoms with E-state index in [9.17, 15) is 9.59 Å². The number of imide groups is 1. The number of aromatic nitrogens is 3. The van der Waals surface area contributed by atoms with Crippen molar-refractivity contribution in [2.45, 2.75) is 43.3 Å². The molecule has 2 aromatic rings. The van der Waals surface area contributed by atoms with Crippen LogP contribution in [0.5, 0.6) is 0 Å². The van der Waals surface area contributed by atoms with Crippen molar-refractivity contribution >= 4 is 23.7 Å². The van der Waals surface area contributed by atoms with E-state index < -0.39 is 17.2 Å². The van der Waals surface area contributed by atoms with E-state index in [0.29, 0.717) is 11.7 Å². The number of urea groups is 1. The molecule has 1 unspecified atom stereocenters. The van der Waals surface area contributed by atoms with Crippen molar-refractivity contribution < 1.29 is 9.59 Å². The highest BCUT2D eigenvalue weighted by molar-refractivity contribution is 8.00. The van der Waals surface area contributed by atoms with E-state index in [1.807, 2.05) is 22.8 Å². The quantitative estimate of drug-likeness (QED) is 0.698. The van der Waals surface area contributed by atoms with Gasteiger partial charge in [-0.2, -0.15) is 0 Å². The Morgan fingerprint density at radius 2 is 1.89 bits per heavy atom. The van der Waals surface area contributed by atoms with E-state index in [1.54, 1.807) is 6.92 Å². The molecule has 144 valence electrons. The fourth-order valence-electron chi connectivity index (χ4n) is 3.02. The summed E-state index contributed by atoms with van der Waals surface area (Å²) in [4.78, 5) is 25.3. The Labute approximate surface area is 162 Å². The molecule has 3 N–H and O–H groups in total. The van der Waals surface area contributed by atoms with Crippen LogP contribution in [0.4, 0.5) is 4.79 Å². The predicted molar refractivity (Wildman–Crippen MR) is 103 cm³/mol. The fourth-order valence-corrected chi connectivity index (χ4v) is 3.89. The predicted octanol–water partition coefficient (Wildman–Crippen LogP) is 1.60.